The van der Waals surface area contributed by atoms with Gasteiger partial charge in [0.2, 0.25) is 5.91 Å². The van der Waals surface area contributed by atoms with Gasteiger partial charge in [-0.05, 0) is 69.5 Å². The highest BCUT2D eigenvalue weighted by atomic mass is 19.1. The Kier molecular flexibility index (Phi) is 8.24. The summed E-state index contributed by atoms with van der Waals surface area (Å²) in [4.78, 5) is 29.6. The molecule has 3 aromatic rings. The van der Waals surface area contributed by atoms with Gasteiger partial charge in [0, 0.05) is 41.1 Å². The number of hydrazone groups is 2. The number of rotatable bonds is 10. The molecule has 2 aromatic carbocycles. The maximum atomic E-state index is 14.8. The molecule has 3 heterocycles. The number of halogens is 1. The number of fused-ring (bicyclic) bond motifs is 1. The van der Waals surface area contributed by atoms with Gasteiger partial charge in [0.1, 0.15) is 11.3 Å². The van der Waals surface area contributed by atoms with Gasteiger partial charge in [0.15, 0.2) is 11.6 Å². The fourth-order valence-corrected chi connectivity index (χ4v) is 5.29. The van der Waals surface area contributed by atoms with Gasteiger partial charge in [0.05, 0.1) is 30.6 Å². The van der Waals surface area contributed by atoms with Crippen LogP contribution in [0.15, 0.2) is 52.7 Å². The van der Waals surface area contributed by atoms with Crippen molar-refractivity contribution in [2.45, 2.75) is 53.4 Å². The Bertz CT molecular complexity index is 1600. The van der Waals surface area contributed by atoms with Crippen LogP contribution in [-0.2, 0) is 16.0 Å². The van der Waals surface area contributed by atoms with E-state index in [-0.39, 0.29) is 30.1 Å². The Morgan fingerprint density at radius 2 is 1.88 bits per heavy atom. The van der Waals surface area contributed by atoms with Gasteiger partial charge in [-0.25, -0.2) is 19.8 Å². The van der Waals surface area contributed by atoms with E-state index in [9.17, 15) is 14.0 Å². The zero-order valence-corrected chi connectivity index (χ0v) is 24.7. The molecule has 2 aliphatic heterocycles. The quantitative estimate of drug-likeness (QED) is 0.334. The van der Waals surface area contributed by atoms with Gasteiger partial charge in [-0.2, -0.15) is 10.2 Å². The summed E-state index contributed by atoms with van der Waals surface area (Å²) in [7, 11) is 1.64. The third-order valence-electron chi connectivity index (χ3n) is 7.86. The molecule has 1 N–H and O–H groups in total. The number of nitrogens with zero attached hydrogens (tertiary/aromatic N) is 4. The lowest BCUT2D eigenvalue weighted by molar-refractivity contribution is -0.132. The van der Waals surface area contributed by atoms with E-state index in [1.807, 2.05) is 25.1 Å². The lowest BCUT2D eigenvalue weighted by Crippen LogP contribution is -2.37. The number of nitrogens with one attached hydrogen (secondary N) is 1. The number of hydrogen-bond acceptors (Lipinski definition) is 7. The molecule has 5 rings (SSSR count). The number of aryl methyl sites for hydroxylation is 1. The van der Waals surface area contributed by atoms with Crippen molar-refractivity contribution in [2.75, 3.05) is 20.3 Å². The largest absolute Gasteiger partial charge is 0.494 e. The fourth-order valence-electron chi connectivity index (χ4n) is 5.29. The number of pyridine rings is 1. The van der Waals surface area contributed by atoms with E-state index in [0.29, 0.717) is 42.8 Å². The lowest BCUT2D eigenvalue weighted by Gasteiger charge is -2.28. The summed E-state index contributed by atoms with van der Waals surface area (Å²) in [5, 5.41) is 11.3. The average Bonchev–Trinajstić information content (AvgIpc) is 3.25. The van der Waals surface area contributed by atoms with Crippen LogP contribution in [0.2, 0.25) is 0 Å². The third kappa shape index (κ3) is 5.57. The van der Waals surface area contributed by atoms with Crippen LogP contribution in [0.4, 0.5) is 4.39 Å². The van der Waals surface area contributed by atoms with Crippen LogP contribution in [0.3, 0.4) is 0 Å². The second-order valence-corrected chi connectivity index (χ2v) is 11.2. The first-order valence-electron chi connectivity index (χ1n) is 14.3. The molecule has 0 aliphatic carbocycles. The van der Waals surface area contributed by atoms with E-state index in [1.54, 1.807) is 33.1 Å². The molecule has 10 heteroatoms. The molecule has 0 saturated carbocycles. The molecule has 0 spiro atoms. The van der Waals surface area contributed by atoms with Crippen molar-refractivity contribution in [2.24, 2.45) is 21.5 Å². The van der Waals surface area contributed by atoms with E-state index in [1.165, 1.54) is 11.1 Å². The third-order valence-corrected chi connectivity index (χ3v) is 7.86. The summed E-state index contributed by atoms with van der Waals surface area (Å²) in [6, 6.07) is 12.5. The lowest BCUT2D eigenvalue weighted by atomic mass is 9.84. The number of ether oxygens (including phenoxy) is 2. The molecule has 0 saturated heterocycles. The maximum Gasteiger partial charge on any atom is 0.251 e. The zero-order valence-electron chi connectivity index (χ0n) is 24.7. The predicted molar refractivity (Wildman–Crippen MR) is 159 cm³/mol. The highest BCUT2D eigenvalue weighted by molar-refractivity contribution is 6.19. The van der Waals surface area contributed by atoms with Crippen LogP contribution in [0.25, 0.3) is 10.9 Å². The van der Waals surface area contributed by atoms with Gasteiger partial charge in [-0.1, -0.05) is 19.9 Å². The average molecular weight is 574 g/mol. The number of amides is 2. The van der Waals surface area contributed by atoms with E-state index < -0.39 is 11.2 Å². The highest BCUT2D eigenvalue weighted by Gasteiger charge is 2.39. The summed E-state index contributed by atoms with van der Waals surface area (Å²) in [5.74, 6) is 0.0198. The number of benzene rings is 2. The van der Waals surface area contributed by atoms with Crippen LogP contribution in [-0.4, -0.2) is 53.5 Å². The number of hydrogen-bond donors (Lipinski definition) is 1. The van der Waals surface area contributed by atoms with E-state index in [4.69, 9.17) is 19.6 Å². The highest BCUT2D eigenvalue weighted by Crippen LogP contribution is 2.32. The molecule has 1 aromatic heterocycles. The smallest absolute Gasteiger partial charge is 0.251 e. The Morgan fingerprint density at radius 1 is 1.10 bits per heavy atom. The summed E-state index contributed by atoms with van der Waals surface area (Å²) in [6.45, 7) is 8.29. The normalized spacial score (nSPS) is 18.1. The summed E-state index contributed by atoms with van der Waals surface area (Å²) >= 11 is 0. The number of unbranched alkanes of at least 4 members (excludes halogenated alkanes) is 1. The van der Waals surface area contributed by atoms with Crippen LogP contribution in [0.5, 0.6) is 11.5 Å². The topological polar surface area (TPSA) is 105 Å². The van der Waals surface area contributed by atoms with E-state index >= 15 is 0 Å². The van der Waals surface area contributed by atoms with Gasteiger partial charge in [-0.3, -0.25) is 9.59 Å². The van der Waals surface area contributed by atoms with Crippen LogP contribution in [0, 0.1) is 17.2 Å². The SMILES string of the molecule is CCc1ccc2c(C3=NN(CCCCOc4ccc(C5=NNC(=O)C5(C)C)cc4F)C(=O)CC3C)ccc(OC)c2n1. The molecule has 1 unspecified atom stereocenters. The van der Waals surface area contributed by atoms with Gasteiger partial charge >= 0.3 is 0 Å². The van der Waals surface area contributed by atoms with Crippen LogP contribution >= 0.6 is 0 Å². The Balaban J connectivity index is 1.23. The maximum absolute atomic E-state index is 14.8. The summed E-state index contributed by atoms with van der Waals surface area (Å²) < 4.78 is 26.0. The monoisotopic (exact) mass is 573 g/mol. The first-order valence-corrected chi connectivity index (χ1v) is 14.3. The molecular formula is C32H36FN5O4. The standard InChI is InChI=1S/C32H36FN5O4/c1-6-21-10-11-23-22(12-14-26(41-5)29(23)34-21)28-19(2)17-27(39)38(37-28)15-7-8-16-42-25-13-9-20(18-24(25)33)30-32(3,4)31(40)36-35-30/h9-14,18-19H,6-8,15-17H2,1-5H3,(H,36,40). The molecule has 0 radical (unpaired) electrons. The first-order chi connectivity index (χ1) is 20.1. The minimum atomic E-state index is -0.837. The molecule has 2 aliphatic rings. The van der Waals surface area contributed by atoms with Crippen molar-refractivity contribution in [3.63, 3.8) is 0 Å². The fraction of sp³-hybridized carbons (Fsp3) is 0.406. The molecular weight excluding hydrogens is 537 g/mol. The molecule has 42 heavy (non-hydrogen) atoms. The first kappa shape index (κ1) is 29.2. The van der Waals surface area contributed by atoms with E-state index in [0.717, 1.165) is 34.3 Å². The van der Waals surface area contributed by atoms with Gasteiger partial charge < -0.3 is 9.47 Å². The zero-order chi connectivity index (χ0) is 30.0. The molecule has 1 atom stereocenters. The molecule has 220 valence electrons. The number of carbonyl (C=O) groups is 2. The molecule has 9 nitrogen and oxygen atoms in total. The van der Waals surface area contributed by atoms with Crippen LogP contribution < -0.4 is 14.9 Å². The van der Waals surface area contributed by atoms with Gasteiger partial charge in [0.25, 0.3) is 5.91 Å². The van der Waals surface area contributed by atoms with Gasteiger partial charge in [-0.15, -0.1) is 0 Å². The van der Waals surface area contributed by atoms with Crippen molar-refractivity contribution >= 4 is 34.1 Å². The second-order valence-electron chi connectivity index (χ2n) is 11.2. The second kappa shape index (κ2) is 11.9. The minimum absolute atomic E-state index is 0.0243. The van der Waals surface area contributed by atoms with Crippen molar-refractivity contribution in [1.29, 1.82) is 0 Å². The van der Waals surface area contributed by atoms with Crippen molar-refractivity contribution in [3.8, 4) is 11.5 Å². The Morgan fingerprint density at radius 3 is 2.57 bits per heavy atom. The van der Waals surface area contributed by atoms with Crippen molar-refractivity contribution in [1.82, 2.24) is 15.4 Å². The number of aromatic nitrogens is 1. The van der Waals surface area contributed by atoms with Crippen molar-refractivity contribution < 1.29 is 23.5 Å². The molecule has 0 bridgehead atoms. The van der Waals surface area contributed by atoms with Crippen molar-refractivity contribution in [3.05, 3.63) is 65.1 Å². The Labute approximate surface area is 244 Å². The summed E-state index contributed by atoms with van der Waals surface area (Å²) in [6.07, 6.45) is 2.43. The van der Waals surface area contributed by atoms with E-state index in [2.05, 4.69) is 23.5 Å². The Hall–Kier alpha value is -4.34. The molecule has 2 amide bonds. The number of methoxy groups -OCH3 is 1. The predicted octanol–water partition coefficient (Wildman–Crippen LogP) is 5.24. The summed E-state index contributed by atoms with van der Waals surface area (Å²) in [5.41, 5.74) is 6.19. The minimum Gasteiger partial charge on any atom is -0.494 e. The van der Waals surface area contributed by atoms with Crippen LogP contribution in [0.1, 0.15) is 63.8 Å². The molecule has 0 fully saturated rings. The number of carbonyl (C=O) groups excluding carboxylic acids is 2.